The molecule has 0 unspecified atom stereocenters. The van der Waals surface area contributed by atoms with E-state index >= 15 is 0 Å². The molecule has 0 bridgehead atoms. The SMILES string of the molecule is COCCn1nc2n(c1=O)CCN(C1CCSCC1)CC2. The largest absolute Gasteiger partial charge is 0.383 e. The lowest BCUT2D eigenvalue weighted by Gasteiger charge is -2.32. The Hall–Kier alpha value is -0.790. The molecule has 2 aliphatic rings. The minimum absolute atomic E-state index is 0.0168. The summed E-state index contributed by atoms with van der Waals surface area (Å²) in [6, 6.07) is 0.701. The molecular formula is C14H24N4O2S. The maximum Gasteiger partial charge on any atom is 0.346 e. The Morgan fingerprint density at radius 2 is 2.10 bits per heavy atom. The Morgan fingerprint density at radius 1 is 1.29 bits per heavy atom. The molecule has 1 saturated heterocycles. The van der Waals surface area contributed by atoms with Crippen molar-refractivity contribution in [3.05, 3.63) is 16.3 Å². The first-order chi connectivity index (χ1) is 10.3. The van der Waals surface area contributed by atoms with Gasteiger partial charge in [0.1, 0.15) is 5.82 Å². The molecule has 7 heteroatoms. The minimum Gasteiger partial charge on any atom is -0.383 e. The Balaban J connectivity index is 1.68. The first-order valence-electron chi connectivity index (χ1n) is 7.77. The van der Waals surface area contributed by atoms with Gasteiger partial charge < -0.3 is 4.74 Å². The van der Waals surface area contributed by atoms with Gasteiger partial charge in [0.25, 0.3) is 0 Å². The van der Waals surface area contributed by atoms with Crippen LogP contribution in [-0.4, -0.2) is 63.6 Å². The monoisotopic (exact) mass is 312 g/mol. The molecule has 118 valence electrons. The maximum absolute atomic E-state index is 12.3. The molecule has 0 aliphatic carbocycles. The van der Waals surface area contributed by atoms with Crippen LogP contribution in [0.2, 0.25) is 0 Å². The van der Waals surface area contributed by atoms with Crippen LogP contribution in [0.3, 0.4) is 0 Å². The van der Waals surface area contributed by atoms with Crippen molar-refractivity contribution in [1.82, 2.24) is 19.2 Å². The first kappa shape index (κ1) is 15.1. The normalized spacial score (nSPS) is 21.2. The van der Waals surface area contributed by atoms with E-state index in [-0.39, 0.29) is 5.69 Å². The van der Waals surface area contributed by atoms with Gasteiger partial charge in [0.2, 0.25) is 0 Å². The molecule has 6 nitrogen and oxygen atoms in total. The molecule has 1 fully saturated rings. The highest BCUT2D eigenvalue weighted by molar-refractivity contribution is 7.99. The summed E-state index contributed by atoms with van der Waals surface area (Å²) in [5, 5.41) is 4.48. The second-order valence-corrected chi connectivity index (χ2v) is 6.92. The van der Waals surface area contributed by atoms with Crippen molar-refractivity contribution < 1.29 is 4.74 Å². The number of ether oxygens (including phenoxy) is 1. The lowest BCUT2D eigenvalue weighted by atomic mass is 10.1. The third-order valence-electron chi connectivity index (χ3n) is 4.45. The Bertz CT molecular complexity index is 522. The molecule has 3 heterocycles. The summed E-state index contributed by atoms with van der Waals surface area (Å²) in [5.41, 5.74) is 0.0168. The first-order valence-corrected chi connectivity index (χ1v) is 8.92. The predicted molar refractivity (Wildman–Crippen MR) is 84.0 cm³/mol. The zero-order valence-corrected chi connectivity index (χ0v) is 13.5. The molecular weight excluding hydrogens is 288 g/mol. The van der Waals surface area contributed by atoms with E-state index in [1.807, 2.05) is 4.57 Å². The van der Waals surface area contributed by atoms with Gasteiger partial charge in [-0.15, -0.1) is 0 Å². The van der Waals surface area contributed by atoms with Crippen molar-refractivity contribution in [3.8, 4) is 0 Å². The highest BCUT2D eigenvalue weighted by Crippen LogP contribution is 2.22. The van der Waals surface area contributed by atoms with Gasteiger partial charge >= 0.3 is 5.69 Å². The van der Waals surface area contributed by atoms with Crippen molar-refractivity contribution in [3.63, 3.8) is 0 Å². The average Bonchev–Trinajstić information content (AvgIpc) is 2.70. The summed E-state index contributed by atoms with van der Waals surface area (Å²) in [6.45, 7) is 3.83. The van der Waals surface area contributed by atoms with Gasteiger partial charge in [-0.1, -0.05) is 0 Å². The number of fused-ring (bicyclic) bond motifs is 1. The molecule has 0 saturated carbocycles. The van der Waals surface area contributed by atoms with Crippen LogP contribution in [0.25, 0.3) is 0 Å². The van der Waals surface area contributed by atoms with Crippen LogP contribution in [0.15, 0.2) is 4.79 Å². The van der Waals surface area contributed by atoms with Gasteiger partial charge in [-0.25, -0.2) is 9.48 Å². The number of nitrogens with zero attached hydrogens (tertiary/aromatic N) is 4. The van der Waals surface area contributed by atoms with Crippen molar-refractivity contribution >= 4 is 11.8 Å². The van der Waals surface area contributed by atoms with Crippen molar-refractivity contribution in [1.29, 1.82) is 0 Å². The number of hydrogen-bond acceptors (Lipinski definition) is 5. The third-order valence-corrected chi connectivity index (χ3v) is 5.50. The molecule has 0 aromatic carbocycles. The Kier molecular flexibility index (Phi) is 5.03. The van der Waals surface area contributed by atoms with Gasteiger partial charge in [-0.2, -0.15) is 16.9 Å². The van der Waals surface area contributed by atoms with E-state index in [9.17, 15) is 4.79 Å². The van der Waals surface area contributed by atoms with E-state index in [0.29, 0.717) is 19.2 Å². The summed E-state index contributed by atoms with van der Waals surface area (Å²) in [5.74, 6) is 3.48. The molecule has 3 rings (SSSR count). The number of aromatic nitrogens is 3. The summed E-state index contributed by atoms with van der Waals surface area (Å²) >= 11 is 2.06. The van der Waals surface area contributed by atoms with Crippen LogP contribution >= 0.6 is 11.8 Å². The number of methoxy groups -OCH3 is 1. The molecule has 2 aliphatic heterocycles. The fourth-order valence-electron chi connectivity index (χ4n) is 3.22. The van der Waals surface area contributed by atoms with E-state index in [1.54, 1.807) is 11.8 Å². The van der Waals surface area contributed by atoms with E-state index in [0.717, 1.165) is 31.9 Å². The Labute approximate surface area is 129 Å². The zero-order valence-electron chi connectivity index (χ0n) is 12.7. The van der Waals surface area contributed by atoms with Crippen molar-refractivity contribution in [2.45, 2.75) is 38.4 Å². The minimum atomic E-state index is 0.0168. The number of hydrogen-bond donors (Lipinski definition) is 0. The summed E-state index contributed by atoms with van der Waals surface area (Å²) in [6.07, 6.45) is 3.44. The molecule has 1 aromatic heterocycles. The fraction of sp³-hybridized carbons (Fsp3) is 0.857. The van der Waals surface area contributed by atoms with Crippen molar-refractivity contribution in [2.24, 2.45) is 0 Å². The topological polar surface area (TPSA) is 52.3 Å². The molecule has 0 N–H and O–H groups in total. The van der Waals surface area contributed by atoms with Crippen molar-refractivity contribution in [2.75, 3.05) is 38.3 Å². The second kappa shape index (κ2) is 6.98. The molecule has 0 spiro atoms. The number of rotatable bonds is 4. The molecule has 0 atom stereocenters. The summed E-state index contributed by atoms with van der Waals surface area (Å²) in [4.78, 5) is 14.9. The molecule has 0 radical (unpaired) electrons. The lowest BCUT2D eigenvalue weighted by Crippen LogP contribution is -2.40. The smallest absolute Gasteiger partial charge is 0.346 e. The number of thioether (sulfide) groups is 1. The van der Waals surface area contributed by atoms with Gasteiger partial charge in [-0.05, 0) is 24.3 Å². The molecule has 1 aromatic rings. The average molecular weight is 312 g/mol. The van der Waals surface area contributed by atoms with E-state index in [4.69, 9.17) is 4.74 Å². The lowest BCUT2D eigenvalue weighted by molar-refractivity contribution is 0.179. The standard InChI is InChI=1S/C14H24N4O2S/c1-20-9-8-18-14(19)17-7-6-16(5-2-13(17)15-18)12-3-10-21-11-4-12/h12H,2-11H2,1H3. The van der Waals surface area contributed by atoms with Gasteiger partial charge in [0.15, 0.2) is 0 Å². The third kappa shape index (κ3) is 3.35. The van der Waals surface area contributed by atoms with Gasteiger partial charge in [0.05, 0.1) is 13.2 Å². The highest BCUT2D eigenvalue weighted by Gasteiger charge is 2.25. The van der Waals surface area contributed by atoms with Crippen LogP contribution in [-0.2, 0) is 24.2 Å². The second-order valence-electron chi connectivity index (χ2n) is 5.70. The van der Waals surface area contributed by atoms with Crippen LogP contribution in [0.4, 0.5) is 0 Å². The van der Waals surface area contributed by atoms with E-state index < -0.39 is 0 Å². The quantitative estimate of drug-likeness (QED) is 0.808. The predicted octanol–water partition coefficient (Wildman–Crippen LogP) is 0.445. The maximum atomic E-state index is 12.3. The van der Waals surface area contributed by atoms with E-state index in [2.05, 4.69) is 21.8 Å². The van der Waals surface area contributed by atoms with Gasteiger partial charge in [0, 0.05) is 39.2 Å². The molecule has 21 heavy (non-hydrogen) atoms. The van der Waals surface area contributed by atoms with Crippen LogP contribution < -0.4 is 5.69 Å². The molecule has 0 amide bonds. The zero-order chi connectivity index (χ0) is 14.7. The Morgan fingerprint density at radius 3 is 2.86 bits per heavy atom. The van der Waals surface area contributed by atoms with E-state index in [1.165, 1.54) is 24.3 Å². The van der Waals surface area contributed by atoms with Crippen LogP contribution in [0, 0.1) is 0 Å². The van der Waals surface area contributed by atoms with Gasteiger partial charge in [-0.3, -0.25) is 9.47 Å². The summed E-state index contributed by atoms with van der Waals surface area (Å²) in [7, 11) is 1.65. The highest BCUT2D eigenvalue weighted by atomic mass is 32.2. The fourth-order valence-corrected chi connectivity index (χ4v) is 4.30. The van der Waals surface area contributed by atoms with Crippen LogP contribution in [0.1, 0.15) is 18.7 Å². The van der Waals surface area contributed by atoms with Crippen LogP contribution in [0.5, 0.6) is 0 Å². The summed E-state index contributed by atoms with van der Waals surface area (Å²) < 4.78 is 8.44.